The van der Waals surface area contributed by atoms with Crippen molar-refractivity contribution >= 4 is 0 Å². The maximum atomic E-state index is 5.59. The topological polar surface area (TPSA) is 39.1 Å². The van der Waals surface area contributed by atoms with E-state index in [4.69, 9.17) is 4.74 Å². The van der Waals surface area contributed by atoms with E-state index in [-0.39, 0.29) is 0 Å². The van der Waals surface area contributed by atoms with Crippen molar-refractivity contribution in [2.24, 2.45) is 5.92 Å². The summed E-state index contributed by atoms with van der Waals surface area (Å²) in [5.74, 6) is 0.545. The lowest BCUT2D eigenvalue weighted by Crippen LogP contribution is -2.42. The van der Waals surface area contributed by atoms with Crippen molar-refractivity contribution in [2.75, 3.05) is 20.3 Å². The minimum absolute atomic E-state index is 0.487. The molecule has 1 aliphatic rings. The largest absolute Gasteiger partial charge is 0.381 e. The number of nitrogens with zero attached hydrogens (tertiary/aromatic N) is 2. The van der Waals surface area contributed by atoms with Crippen LogP contribution in [0.3, 0.4) is 0 Å². The first-order valence-electron chi connectivity index (χ1n) is 7.03. The van der Waals surface area contributed by atoms with Crippen molar-refractivity contribution in [1.82, 2.24) is 15.1 Å². The number of hydrogen-bond donors (Lipinski definition) is 1. The molecule has 18 heavy (non-hydrogen) atoms. The van der Waals surface area contributed by atoms with Crippen LogP contribution in [0.15, 0.2) is 12.3 Å². The highest BCUT2D eigenvalue weighted by Crippen LogP contribution is 2.19. The number of rotatable bonds is 5. The lowest BCUT2D eigenvalue weighted by Gasteiger charge is -2.30. The van der Waals surface area contributed by atoms with Crippen molar-refractivity contribution in [2.45, 2.75) is 45.2 Å². The van der Waals surface area contributed by atoms with Crippen molar-refractivity contribution in [1.29, 1.82) is 0 Å². The van der Waals surface area contributed by atoms with Gasteiger partial charge in [0.1, 0.15) is 0 Å². The normalized spacial score (nSPS) is 26.2. The lowest BCUT2D eigenvalue weighted by atomic mass is 9.91. The van der Waals surface area contributed by atoms with Crippen LogP contribution in [0.25, 0.3) is 0 Å². The molecule has 102 valence electrons. The standard InChI is InChI=1S/C14H25N3O/c1-4-11(2)17-7-5-13(16-17)9-12-10-18-8-6-14(12)15-3/h5,7,11-12,14-15H,4,6,8-10H2,1-3H3. The van der Waals surface area contributed by atoms with E-state index >= 15 is 0 Å². The van der Waals surface area contributed by atoms with Gasteiger partial charge in [-0.3, -0.25) is 4.68 Å². The molecule has 0 saturated carbocycles. The Morgan fingerprint density at radius 1 is 1.61 bits per heavy atom. The van der Waals surface area contributed by atoms with Crippen LogP contribution < -0.4 is 5.32 Å². The highest BCUT2D eigenvalue weighted by molar-refractivity contribution is 5.02. The molecular formula is C14H25N3O. The molecule has 3 atom stereocenters. The molecule has 3 unspecified atom stereocenters. The first kappa shape index (κ1) is 13.6. The molecule has 0 radical (unpaired) electrons. The van der Waals surface area contributed by atoms with Crippen LogP contribution in [0.5, 0.6) is 0 Å². The molecule has 1 aromatic heterocycles. The van der Waals surface area contributed by atoms with Gasteiger partial charge in [0.2, 0.25) is 0 Å². The van der Waals surface area contributed by atoms with E-state index in [1.54, 1.807) is 0 Å². The fraction of sp³-hybridized carbons (Fsp3) is 0.786. The fourth-order valence-electron chi connectivity index (χ4n) is 2.57. The molecule has 1 saturated heterocycles. The van der Waals surface area contributed by atoms with Gasteiger partial charge in [0.25, 0.3) is 0 Å². The molecule has 2 heterocycles. The Morgan fingerprint density at radius 3 is 3.17 bits per heavy atom. The smallest absolute Gasteiger partial charge is 0.0628 e. The zero-order valence-corrected chi connectivity index (χ0v) is 11.7. The second kappa shape index (κ2) is 6.34. The van der Waals surface area contributed by atoms with Gasteiger partial charge in [0.15, 0.2) is 0 Å². The van der Waals surface area contributed by atoms with Gasteiger partial charge in [-0.05, 0) is 39.3 Å². The van der Waals surface area contributed by atoms with Gasteiger partial charge >= 0.3 is 0 Å². The Balaban J connectivity index is 1.97. The number of ether oxygens (including phenoxy) is 1. The van der Waals surface area contributed by atoms with Crippen LogP contribution in [0.4, 0.5) is 0 Å². The van der Waals surface area contributed by atoms with Crippen molar-refractivity contribution in [3.63, 3.8) is 0 Å². The van der Waals surface area contributed by atoms with Crippen LogP contribution in [0, 0.1) is 5.92 Å². The second-order valence-corrected chi connectivity index (χ2v) is 5.27. The number of aromatic nitrogens is 2. The summed E-state index contributed by atoms with van der Waals surface area (Å²) in [5, 5.41) is 8.08. The van der Waals surface area contributed by atoms with Gasteiger partial charge in [-0.1, -0.05) is 6.92 Å². The first-order chi connectivity index (χ1) is 8.74. The summed E-state index contributed by atoms with van der Waals surface area (Å²) in [6.07, 6.45) is 5.33. The quantitative estimate of drug-likeness (QED) is 0.870. The molecule has 0 aliphatic carbocycles. The van der Waals surface area contributed by atoms with E-state index in [0.717, 1.165) is 32.5 Å². The van der Waals surface area contributed by atoms with Crippen LogP contribution in [-0.4, -0.2) is 36.1 Å². The average molecular weight is 251 g/mol. The van der Waals surface area contributed by atoms with Gasteiger partial charge in [-0.25, -0.2) is 0 Å². The maximum Gasteiger partial charge on any atom is 0.0628 e. The van der Waals surface area contributed by atoms with Gasteiger partial charge in [-0.2, -0.15) is 5.10 Å². The maximum absolute atomic E-state index is 5.59. The van der Waals surface area contributed by atoms with Crippen molar-refractivity contribution in [3.8, 4) is 0 Å². The molecule has 0 bridgehead atoms. The molecule has 0 amide bonds. The summed E-state index contributed by atoms with van der Waals surface area (Å²) in [6, 6.07) is 3.20. The summed E-state index contributed by atoms with van der Waals surface area (Å²) < 4.78 is 7.66. The van der Waals surface area contributed by atoms with Crippen LogP contribution in [-0.2, 0) is 11.2 Å². The average Bonchev–Trinajstić information content (AvgIpc) is 2.87. The Labute approximate surface area is 110 Å². The van der Waals surface area contributed by atoms with Gasteiger partial charge in [0, 0.05) is 30.8 Å². The molecular weight excluding hydrogens is 226 g/mol. The van der Waals surface area contributed by atoms with E-state index in [0.29, 0.717) is 18.0 Å². The van der Waals surface area contributed by atoms with Crippen LogP contribution >= 0.6 is 0 Å². The fourth-order valence-corrected chi connectivity index (χ4v) is 2.57. The molecule has 4 nitrogen and oxygen atoms in total. The van der Waals surface area contributed by atoms with Gasteiger partial charge < -0.3 is 10.1 Å². The molecule has 1 N–H and O–H groups in total. The zero-order valence-electron chi connectivity index (χ0n) is 11.7. The molecule has 2 rings (SSSR count). The Bertz CT molecular complexity index is 364. The third-order valence-corrected chi connectivity index (χ3v) is 4.02. The first-order valence-corrected chi connectivity index (χ1v) is 7.03. The molecule has 0 aromatic carbocycles. The van der Waals surface area contributed by atoms with Crippen molar-refractivity contribution in [3.05, 3.63) is 18.0 Å². The Hall–Kier alpha value is -0.870. The minimum atomic E-state index is 0.487. The number of nitrogens with one attached hydrogen (secondary N) is 1. The molecule has 4 heteroatoms. The highest BCUT2D eigenvalue weighted by Gasteiger charge is 2.25. The lowest BCUT2D eigenvalue weighted by molar-refractivity contribution is 0.0338. The second-order valence-electron chi connectivity index (χ2n) is 5.27. The van der Waals surface area contributed by atoms with E-state index < -0.39 is 0 Å². The summed E-state index contributed by atoms with van der Waals surface area (Å²) in [4.78, 5) is 0. The van der Waals surface area contributed by atoms with Crippen LogP contribution in [0.1, 0.15) is 38.4 Å². The third kappa shape index (κ3) is 3.12. The molecule has 1 aromatic rings. The summed E-state index contributed by atoms with van der Waals surface area (Å²) in [7, 11) is 2.04. The highest BCUT2D eigenvalue weighted by atomic mass is 16.5. The molecule has 1 aliphatic heterocycles. The zero-order chi connectivity index (χ0) is 13.0. The van der Waals surface area contributed by atoms with Gasteiger partial charge in [-0.15, -0.1) is 0 Å². The predicted octanol–water partition coefficient (Wildman–Crippen LogP) is 2.02. The van der Waals surface area contributed by atoms with E-state index in [1.807, 2.05) is 7.05 Å². The van der Waals surface area contributed by atoms with Gasteiger partial charge in [0.05, 0.1) is 12.3 Å². The summed E-state index contributed by atoms with van der Waals surface area (Å²) >= 11 is 0. The van der Waals surface area contributed by atoms with Crippen LogP contribution in [0.2, 0.25) is 0 Å². The monoisotopic (exact) mass is 251 g/mol. The summed E-state index contributed by atoms with van der Waals surface area (Å²) in [6.45, 7) is 6.12. The van der Waals surface area contributed by atoms with E-state index in [1.165, 1.54) is 5.69 Å². The minimum Gasteiger partial charge on any atom is -0.381 e. The molecule has 0 spiro atoms. The van der Waals surface area contributed by atoms with E-state index in [9.17, 15) is 0 Å². The number of hydrogen-bond acceptors (Lipinski definition) is 3. The molecule has 1 fully saturated rings. The van der Waals surface area contributed by atoms with Crippen molar-refractivity contribution < 1.29 is 4.74 Å². The predicted molar refractivity (Wildman–Crippen MR) is 72.7 cm³/mol. The Morgan fingerprint density at radius 2 is 2.44 bits per heavy atom. The Kier molecular flexibility index (Phi) is 4.78. The third-order valence-electron chi connectivity index (χ3n) is 4.02. The SMILES string of the molecule is CCC(C)n1ccc(CC2COCCC2NC)n1. The summed E-state index contributed by atoms with van der Waals surface area (Å²) in [5.41, 5.74) is 1.19. The van der Waals surface area contributed by atoms with E-state index in [2.05, 4.69) is 41.2 Å².